The number of carboxylic acid groups (broad SMARTS) is 1. The van der Waals surface area contributed by atoms with Crippen LogP contribution in [0.2, 0.25) is 0 Å². The highest BCUT2D eigenvalue weighted by Crippen LogP contribution is 2.26. The van der Waals surface area contributed by atoms with Crippen LogP contribution in [-0.2, 0) is 6.61 Å². The molecule has 5 nitrogen and oxygen atoms in total. The van der Waals surface area contributed by atoms with Crippen molar-refractivity contribution < 1.29 is 19.4 Å². The van der Waals surface area contributed by atoms with Gasteiger partial charge in [-0.15, -0.1) is 11.3 Å². The van der Waals surface area contributed by atoms with E-state index in [9.17, 15) is 9.90 Å². The van der Waals surface area contributed by atoms with Crippen molar-refractivity contribution in [1.29, 1.82) is 0 Å². The van der Waals surface area contributed by atoms with Crippen LogP contribution in [0.15, 0.2) is 18.2 Å². The maximum atomic E-state index is 11.2. The number of methoxy groups -OCH3 is 1. The zero-order valence-corrected chi connectivity index (χ0v) is 12.3. The molecule has 6 heteroatoms. The summed E-state index contributed by atoms with van der Waals surface area (Å²) in [6.07, 6.45) is 0. The molecule has 0 aliphatic heterocycles. The van der Waals surface area contributed by atoms with E-state index in [0.29, 0.717) is 11.5 Å². The zero-order valence-electron chi connectivity index (χ0n) is 11.5. The third kappa shape index (κ3) is 3.08. The molecule has 1 aromatic heterocycles. The van der Waals surface area contributed by atoms with Crippen LogP contribution in [0.1, 0.15) is 25.9 Å². The average molecular weight is 293 g/mol. The summed E-state index contributed by atoms with van der Waals surface area (Å²) in [5, 5.41) is 10.0. The fraction of sp³-hybridized carbons (Fsp3) is 0.286. The normalized spacial score (nSPS) is 10.3. The van der Waals surface area contributed by atoms with Gasteiger partial charge >= 0.3 is 5.97 Å². The van der Waals surface area contributed by atoms with E-state index in [-0.39, 0.29) is 12.2 Å². The summed E-state index contributed by atoms with van der Waals surface area (Å²) in [4.78, 5) is 16.7. The Bertz CT molecular complexity index is 617. The Morgan fingerprint density at radius 3 is 2.70 bits per heavy atom. The molecule has 106 valence electrons. The molecule has 0 radical (unpaired) electrons. The predicted octanol–water partition coefficient (Wildman–Crippen LogP) is 3.05. The molecule has 0 fully saturated rings. The molecule has 0 saturated heterocycles. The van der Waals surface area contributed by atoms with Crippen LogP contribution in [0.3, 0.4) is 0 Å². The Morgan fingerprint density at radius 2 is 2.15 bits per heavy atom. The van der Waals surface area contributed by atoms with Gasteiger partial charge in [-0.1, -0.05) is 0 Å². The lowest BCUT2D eigenvalue weighted by molar-refractivity contribution is 0.0691. The molecule has 0 aliphatic rings. The van der Waals surface area contributed by atoms with Crippen LogP contribution in [0.5, 0.6) is 11.5 Å². The van der Waals surface area contributed by atoms with Gasteiger partial charge in [-0.3, -0.25) is 0 Å². The van der Waals surface area contributed by atoms with Crippen LogP contribution in [-0.4, -0.2) is 23.2 Å². The van der Waals surface area contributed by atoms with Crippen molar-refractivity contribution in [2.45, 2.75) is 20.5 Å². The number of aromatic carboxylic acids is 1. The summed E-state index contributed by atoms with van der Waals surface area (Å²) in [5.74, 6) is -0.259. The lowest BCUT2D eigenvalue weighted by atomic mass is 10.2. The average Bonchev–Trinajstić information content (AvgIpc) is 2.75. The highest BCUT2D eigenvalue weighted by Gasteiger charge is 2.14. The molecule has 0 saturated carbocycles. The molecule has 2 aromatic rings. The van der Waals surface area contributed by atoms with E-state index in [4.69, 9.17) is 9.47 Å². The van der Waals surface area contributed by atoms with Gasteiger partial charge in [0.05, 0.1) is 12.8 Å². The molecule has 0 spiro atoms. The number of carbonyl (C=O) groups is 1. The van der Waals surface area contributed by atoms with E-state index < -0.39 is 5.97 Å². The van der Waals surface area contributed by atoms with Crippen LogP contribution < -0.4 is 9.47 Å². The molecule has 0 unspecified atom stereocenters. The predicted molar refractivity (Wildman–Crippen MR) is 75.9 cm³/mol. The molecule has 20 heavy (non-hydrogen) atoms. The van der Waals surface area contributed by atoms with Crippen LogP contribution in [0.4, 0.5) is 0 Å². The second-order valence-electron chi connectivity index (χ2n) is 4.21. The Kier molecular flexibility index (Phi) is 4.24. The van der Waals surface area contributed by atoms with Crippen LogP contribution in [0, 0.1) is 13.8 Å². The fourth-order valence-electron chi connectivity index (χ4n) is 1.67. The molecule has 0 bridgehead atoms. The molecule has 0 atom stereocenters. The lowest BCUT2D eigenvalue weighted by Gasteiger charge is -2.09. The Morgan fingerprint density at radius 1 is 1.40 bits per heavy atom. The smallest absolute Gasteiger partial charge is 0.339 e. The van der Waals surface area contributed by atoms with Crippen molar-refractivity contribution in [3.05, 3.63) is 39.3 Å². The van der Waals surface area contributed by atoms with E-state index in [1.165, 1.54) is 13.2 Å². The number of nitrogens with zero attached hydrogens (tertiary/aromatic N) is 1. The molecular weight excluding hydrogens is 278 g/mol. The van der Waals surface area contributed by atoms with Gasteiger partial charge in [-0.05, 0) is 32.0 Å². The van der Waals surface area contributed by atoms with Crippen molar-refractivity contribution in [3.63, 3.8) is 0 Å². The summed E-state index contributed by atoms with van der Waals surface area (Å²) in [5.41, 5.74) is 1.05. The maximum Gasteiger partial charge on any atom is 0.339 e. The van der Waals surface area contributed by atoms with E-state index >= 15 is 0 Å². The number of ether oxygens (including phenoxy) is 2. The number of rotatable bonds is 5. The van der Waals surface area contributed by atoms with Gasteiger partial charge in [0.2, 0.25) is 0 Å². The SMILES string of the molecule is COc1ccc(OCc2nc(C)c(C)s2)c(C(=O)O)c1. The summed E-state index contributed by atoms with van der Waals surface area (Å²) in [6, 6.07) is 4.70. The Balaban J connectivity index is 2.18. The van der Waals surface area contributed by atoms with Gasteiger partial charge in [0, 0.05) is 4.88 Å². The molecule has 1 N–H and O–H groups in total. The summed E-state index contributed by atoms with van der Waals surface area (Å²) >= 11 is 1.55. The van der Waals surface area contributed by atoms with Gasteiger partial charge in [-0.25, -0.2) is 9.78 Å². The summed E-state index contributed by atoms with van der Waals surface area (Å²) in [6.45, 7) is 4.18. The van der Waals surface area contributed by atoms with Crippen molar-refractivity contribution >= 4 is 17.3 Å². The molecule has 0 amide bonds. The molecule has 1 aromatic carbocycles. The zero-order chi connectivity index (χ0) is 14.7. The fourth-order valence-corrected chi connectivity index (χ4v) is 2.52. The minimum Gasteiger partial charge on any atom is -0.497 e. The van der Waals surface area contributed by atoms with Crippen LogP contribution >= 0.6 is 11.3 Å². The number of thiazole rings is 1. The minimum atomic E-state index is -1.05. The first kappa shape index (κ1) is 14.3. The Labute approximate surface area is 120 Å². The first-order valence-electron chi connectivity index (χ1n) is 5.98. The number of carboxylic acids is 1. The quantitative estimate of drug-likeness (QED) is 0.917. The second kappa shape index (κ2) is 5.92. The largest absolute Gasteiger partial charge is 0.497 e. The first-order valence-corrected chi connectivity index (χ1v) is 6.80. The lowest BCUT2D eigenvalue weighted by Crippen LogP contribution is -2.03. The summed E-state index contributed by atoms with van der Waals surface area (Å²) in [7, 11) is 1.49. The van der Waals surface area contributed by atoms with E-state index in [2.05, 4.69) is 4.98 Å². The van der Waals surface area contributed by atoms with E-state index in [1.54, 1.807) is 23.5 Å². The first-order chi connectivity index (χ1) is 9.51. The van der Waals surface area contributed by atoms with Crippen molar-refractivity contribution in [1.82, 2.24) is 4.98 Å². The van der Waals surface area contributed by atoms with Crippen molar-refractivity contribution in [2.24, 2.45) is 0 Å². The molecular formula is C14H15NO4S. The standard InChI is InChI=1S/C14H15NO4S/c1-8-9(2)20-13(15-8)7-19-12-5-4-10(18-3)6-11(12)14(16)17/h4-6H,7H2,1-3H3,(H,16,17). The Hall–Kier alpha value is -2.08. The number of aromatic nitrogens is 1. The highest BCUT2D eigenvalue weighted by atomic mass is 32.1. The van der Waals surface area contributed by atoms with Gasteiger partial charge in [0.15, 0.2) is 0 Å². The second-order valence-corrected chi connectivity index (χ2v) is 5.49. The van der Waals surface area contributed by atoms with Gasteiger partial charge in [0.1, 0.15) is 28.7 Å². The van der Waals surface area contributed by atoms with Crippen molar-refractivity contribution in [3.8, 4) is 11.5 Å². The molecule has 0 aliphatic carbocycles. The third-order valence-corrected chi connectivity index (χ3v) is 3.89. The van der Waals surface area contributed by atoms with Gasteiger partial charge < -0.3 is 14.6 Å². The number of benzene rings is 1. The monoisotopic (exact) mass is 293 g/mol. The molecule has 2 rings (SSSR count). The number of hydrogen-bond donors (Lipinski definition) is 1. The van der Waals surface area contributed by atoms with Crippen molar-refractivity contribution in [2.75, 3.05) is 7.11 Å². The number of aryl methyl sites for hydroxylation is 2. The molecule has 1 heterocycles. The van der Waals surface area contributed by atoms with E-state index in [1.807, 2.05) is 13.8 Å². The van der Waals surface area contributed by atoms with Gasteiger partial charge in [0.25, 0.3) is 0 Å². The van der Waals surface area contributed by atoms with E-state index in [0.717, 1.165) is 15.6 Å². The maximum absolute atomic E-state index is 11.2. The minimum absolute atomic E-state index is 0.0781. The van der Waals surface area contributed by atoms with Crippen LogP contribution in [0.25, 0.3) is 0 Å². The highest BCUT2D eigenvalue weighted by molar-refractivity contribution is 7.11. The summed E-state index contributed by atoms with van der Waals surface area (Å²) < 4.78 is 10.6. The third-order valence-electron chi connectivity index (χ3n) is 2.84. The topological polar surface area (TPSA) is 68.7 Å². The number of hydrogen-bond acceptors (Lipinski definition) is 5. The van der Waals surface area contributed by atoms with Gasteiger partial charge in [-0.2, -0.15) is 0 Å².